The van der Waals surface area contributed by atoms with Crippen molar-refractivity contribution >= 4 is 15.9 Å². The summed E-state index contributed by atoms with van der Waals surface area (Å²) in [5, 5.41) is 0. The highest BCUT2D eigenvalue weighted by atomic mass is 79.9. The molecule has 2 rings (SSSR count). The fraction of sp³-hybridized carbons (Fsp3) is 0.143. The van der Waals surface area contributed by atoms with E-state index in [-0.39, 0.29) is 15.6 Å². The van der Waals surface area contributed by atoms with Crippen molar-refractivity contribution in [3.63, 3.8) is 0 Å². The van der Waals surface area contributed by atoms with Gasteiger partial charge in [-0.3, -0.25) is 0 Å². The van der Waals surface area contributed by atoms with Gasteiger partial charge in [0.1, 0.15) is 0 Å². The molecule has 0 spiro atoms. The van der Waals surface area contributed by atoms with Crippen LogP contribution in [0, 0.1) is 11.6 Å². The van der Waals surface area contributed by atoms with Gasteiger partial charge in [0.25, 0.3) is 0 Å². The van der Waals surface area contributed by atoms with Crippen molar-refractivity contribution in [3.05, 3.63) is 69.2 Å². The fourth-order valence-electron chi connectivity index (χ4n) is 1.93. The number of nitrogens with two attached hydrogens (primary N) is 1. The van der Waals surface area contributed by atoms with Crippen molar-refractivity contribution in [1.29, 1.82) is 0 Å². The Morgan fingerprint density at radius 1 is 0.952 bits per heavy atom. The van der Waals surface area contributed by atoms with Gasteiger partial charge in [-0.1, -0.05) is 28.1 Å². The molecule has 0 saturated heterocycles. The zero-order chi connectivity index (χ0) is 15.8. The van der Waals surface area contributed by atoms with E-state index in [1.54, 1.807) is 0 Å². The van der Waals surface area contributed by atoms with E-state index in [9.17, 15) is 22.0 Å². The van der Waals surface area contributed by atoms with Crippen molar-refractivity contribution < 1.29 is 22.0 Å². The molecule has 0 bridgehead atoms. The summed E-state index contributed by atoms with van der Waals surface area (Å²) in [6.45, 7) is 0. The smallest absolute Gasteiger partial charge is 0.320 e. The molecule has 0 fully saturated rings. The lowest BCUT2D eigenvalue weighted by atomic mass is 9.95. The van der Waals surface area contributed by atoms with Gasteiger partial charge in [-0.25, -0.2) is 8.78 Å². The Balaban J connectivity index is 2.52. The second-order valence-electron chi connectivity index (χ2n) is 4.38. The first-order chi connectivity index (χ1) is 9.70. The summed E-state index contributed by atoms with van der Waals surface area (Å²) in [5.41, 5.74) is 4.70. The maximum Gasteiger partial charge on any atom is 0.416 e. The standard InChI is InChI=1S/C14H9BrF5N/c15-8-2-3-9(10(6-8)14(18,19)20)13(21)7-1-4-11(16)12(17)5-7/h1-6,13H,21H2. The molecule has 0 heterocycles. The van der Waals surface area contributed by atoms with Crippen molar-refractivity contribution in [1.82, 2.24) is 0 Å². The van der Waals surface area contributed by atoms with E-state index in [1.807, 2.05) is 0 Å². The normalized spacial score (nSPS) is 13.3. The summed E-state index contributed by atoms with van der Waals surface area (Å²) < 4.78 is 65.4. The lowest BCUT2D eigenvalue weighted by Crippen LogP contribution is -2.18. The highest BCUT2D eigenvalue weighted by molar-refractivity contribution is 9.10. The van der Waals surface area contributed by atoms with E-state index in [1.165, 1.54) is 12.1 Å². The van der Waals surface area contributed by atoms with Crippen LogP contribution in [0.5, 0.6) is 0 Å². The minimum atomic E-state index is -4.60. The maximum absolute atomic E-state index is 13.2. The van der Waals surface area contributed by atoms with Crippen LogP contribution in [0.25, 0.3) is 0 Å². The van der Waals surface area contributed by atoms with Gasteiger partial charge < -0.3 is 5.73 Å². The van der Waals surface area contributed by atoms with E-state index >= 15 is 0 Å². The highest BCUT2D eigenvalue weighted by Gasteiger charge is 2.35. The Hall–Kier alpha value is -1.47. The Morgan fingerprint density at radius 3 is 2.19 bits per heavy atom. The molecule has 2 aromatic rings. The minimum absolute atomic E-state index is 0.0572. The van der Waals surface area contributed by atoms with Gasteiger partial charge in [0.05, 0.1) is 11.6 Å². The van der Waals surface area contributed by atoms with Crippen LogP contribution < -0.4 is 5.73 Å². The van der Waals surface area contributed by atoms with E-state index in [0.29, 0.717) is 0 Å². The van der Waals surface area contributed by atoms with Crippen LogP contribution >= 0.6 is 15.9 Å². The van der Waals surface area contributed by atoms with Gasteiger partial charge in [0.2, 0.25) is 0 Å². The number of hydrogen-bond acceptors (Lipinski definition) is 1. The maximum atomic E-state index is 13.2. The quantitative estimate of drug-likeness (QED) is 0.760. The largest absolute Gasteiger partial charge is 0.416 e. The predicted octanol–water partition coefficient (Wildman–Crippen LogP) is 4.79. The predicted molar refractivity (Wildman–Crippen MR) is 71.5 cm³/mol. The summed E-state index contributed by atoms with van der Waals surface area (Å²) in [6.07, 6.45) is -4.60. The van der Waals surface area contributed by atoms with Gasteiger partial charge in [0.15, 0.2) is 11.6 Å². The molecule has 0 aliphatic heterocycles. The second-order valence-corrected chi connectivity index (χ2v) is 5.30. The van der Waals surface area contributed by atoms with Crippen LogP contribution in [0.1, 0.15) is 22.7 Å². The molecule has 2 N–H and O–H groups in total. The molecule has 7 heteroatoms. The molecule has 2 aromatic carbocycles. The Labute approximate surface area is 125 Å². The molecule has 1 atom stereocenters. The van der Waals surface area contributed by atoms with Gasteiger partial charge in [0, 0.05) is 4.47 Å². The molecule has 0 amide bonds. The van der Waals surface area contributed by atoms with Crippen molar-refractivity contribution in [3.8, 4) is 0 Å². The minimum Gasteiger partial charge on any atom is -0.320 e. The molecule has 1 unspecified atom stereocenters. The molecule has 1 nitrogen and oxygen atoms in total. The van der Waals surface area contributed by atoms with E-state index in [2.05, 4.69) is 15.9 Å². The Kier molecular flexibility index (Phi) is 4.34. The zero-order valence-electron chi connectivity index (χ0n) is 10.4. The van der Waals surface area contributed by atoms with Crippen LogP contribution in [0.15, 0.2) is 40.9 Å². The number of benzene rings is 2. The molecule has 0 aliphatic carbocycles. The first kappa shape index (κ1) is 15.9. The van der Waals surface area contributed by atoms with Crippen LogP contribution in [0.2, 0.25) is 0 Å². The number of hydrogen-bond donors (Lipinski definition) is 1. The van der Waals surface area contributed by atoms with Crippen LogP contribution in [0.4, 0.5) is 22.0 Å². The number of alkyl halides is 3. The van der Waals surface area contributed by atoms with Crippen molar-refractivity contribution in [2.45, 2.75) is 12.2 Å². The lowest BCUT2D eigenvalue weighted by molar-refractivity contribution is -0.138. The highest BCUT2D eigenvalue weighted by Crippen LogP contribution is 2.37. The summed E-state index contributed by atoms with van der Waals surface area (Å²) in [4.78, 5) is 0. The van der Waals surface area contributed by atoms with Gasteiger partial charge in [-0.05, 0) is 35.4 Å². The third-order valence-electron chi connectivity index (χ3n) is 2.96. The van der Waals surface area contributed by atoms with E-state index in [0.717, 1.165) is 24.3 Å². The van der Waals surface area contributed by atoms with Gasteiger partial charge in [-0.2, -0.15) is 13.2 Å². The first-order valence-corrected chi connectivity index (χ1v) is 6.56. The molecular formula is C14H9BrF5N. The fourth-order valence-corrected chi connectivity index (χ4v) is 2.29. The topological polar surface area (TPSA) is 26.0 Å². The third kappa shape index (κ3) is 3.41. The average molecular weight is 366 g/mol. The molecule has 0 radical (unpaired) electrons. The summed E-state index contributed by atoms with van der Waals surface area (Å²) in [7, 11) is 0. The van der Waals surface area contributed by atoms with Crippen molar-refractivity contribution in [2.75, 3.05) is 0 Å². The molecule has 112 valence electrons. The zero-order valence-corrected chi connectivity index (χ0v) is 12.0. The molecule has 0 saturated carbocycles. The van der Waals surface area contributed by atoms with Crippen LogP contribution in [-0.2, 0) is 6.18 Å². The van der Waals surface area contributed by atoms with Crippen LogP contribution in [-0.4, -0.2) is 0 Å². The van der Waals surface area contributed by atoms with Crippen molar-refractivity contribution in [2.24, 2.45) is 5.73 Å². The average Bonchev–Trinajstić information content (AvgIpc) is 2.40. The monoisotopic (exact) mass is 365 g/mol. The lowest BCUT2D eigenvalue weighted by Gasteiger charge is -2.19. The van der Waals surface area contributed by atoms with E-state index < -0.39 is 29.4 Å². The SMILES string of the molecule is NC(c1ccc(F)c(F)c1)c1ccc(Br)cc1C(F)(F)F. The molecule has 21 heavy (non-hydrogen) atoms. The van der Waals surface area contributed by atoms with Gasteiger partial charge in [-0.15, -0.1) is 0 Å². The summed E-state index contributed by atoms with van der Waals surface area (Å²) >= 11 is 2.96. The molecule has 0 aromatic heterocycles. The second kappa shape index (κ2) is 5.73. The number of rotatable bonds is 2. The van der Waals surface area contributed by atoms with Gasteiger partial charge >= 0.3 is 6.18 Å². The Bertz CT molecular complexity index is 669. The third-order valence-corrected chi connectivity index (χ3v) is 3.45. The first-order valence-electron chi connectivity index (χ1n) is 5.77. The van der Waals surface area contributed by atoms with Crippen LogP contribution in [0.3, 0.4) is 0 Å². The van der Waals surface area contributed by atoms with E-state index in [4.69, 9.17) is 5.73 Å². The summed E-state index contributed by atoms with van der Waals surface area (Å²) in [5.74, 6) is -2.24. The summed E-state index contributed by atoms with van der Waals surface area (Å²) in [6, 6.07) is 5.08. The number of halogens is 6. The Morgan fingerprint density at radius 2 is 1.62 bits per heavy atom. The molecular weight excluding hydrogens is 357 g/mol. The molecule has 0 aliphatic rings.